The lowest BCUT2D eigenvalue weighted by Crippen LogP contribution is -2.30. The molecule has 3 heterocycles. The minimum absolute atomic E-state index is 0.344. The van der Waals surface area contributed by atoms with Crippen molar-refractivity contribution in [3.63, 3.8) is 0 Å². The second-order valence-corrected chi connectivity index (χ2v) is 5.70. The van der Waals surface area contributed by atoms with Crippen LogP contribution in [0.25, 0.3) is 0 Å². The second-order valence-electron chi connectivity index (χ2n) is 4.98. The van der Waals surface area contributed by atoms with Gasteiger partial charge >= 0.3 is 0 Å². The van der Waals surface area contributed by atoms with Gasteiger partial charge in [-0.25, -0.2) is 9.97 Å². The van der Waals surface area contributed by atoms with Gasteiger partial charge in [0.15, 0.2) is 0 Å². The van der Waals surface area contributed by atoms with E-state index in [1.54, 1.807) is 17.5 Å². The van der Waals surface area contributed by atoms with Gasteiger partial charge in [0.1, 0.15) is 5.82 Å². The molecule has 1 aliphatic rings. The Kier molecular flexibility index (Phi) is 4.96. The normalized spacial score (nSPS) is 18.4. The zero-order valence-electron chi connectivity index (χ0n) is 11.8. The van der Waals surface area contributed by atoms with Gasteiger partial charge in [-0.3, -0.25) is 0 Å². The van der Waals surface area contributed by atoms with Crippen molar-refractivity contribution < 1.29 is 4.74 Å². The molecule has 1 saturated heterocycles. The first-order valence-corrected chi connectivity index (χ1v) is 8.13. The summed E-state index contributed by atoms with van der Waals surface area (Å²) in [4.78, 5) is 13.0. The molecule has 0 saturated carbocycles. The van der Waals surface area contributed by atoms with E-state index >= 15 is 0 Å². The van der Waals surface area contributed by atoms with Crippen molar-refractivity contribution in [2.24, 2.45) is 0 Å². The summed E-state index contributed by atoms with van der Waals surface area (Å²) in [6.07, 6.45) is 4.86. The number of thiazole rings is 1. The highest BCUT2D eigenvalue weighted by atomic mass is 32.1. The quantitative estimate of drug-likeness (QED) is 0.852. The average molecular weight is 305 g/mol. The molecule has 0 aromatic carbocycles. The van der Waals surface area contributed by atoms with E-state index in [0.29, 0.717) is 12.0 Å². The summed E-state index contributed by atoms with van der Waals surface area (Å²) in [5, 5.41) is 8.69. The molecule has 0 aliphatic carbocycles. The lowest BCUT2D eigenvalue weighted by molar-refractivity contribution is 0.0875. The maximum absolute atomic E-state index is 5.46. The van der Waals surface area contributed by atoms with Crippen molar-refractivity contribution in [2.45, 2.75) is 25.3 Å². The Hall–Kier alpha value is -1.73. The first kappa shape index (κ1) is 14.2. The Balaban J connectivity index is 1.50. The highest BCUT2D eigenvalue weighted by Gasteiger charge is 2.14. The maximum atomic E-state index is 5.46. The van der Waals surface area contributed by atoms with Gasteiger partial charge in [0.25, 0.3) is 0 Å². The summed E-state index contributed by atoms with van der Waals surface area (Å²) in [7, 11) is 0. The summed E-state index contributed by atoms with van der Waals surface area (Å²) < 4.78 is 5.46. The van der Waals surface area contributed by atoms with E-state index in [9.17, 15) is 0 Å². The minimum atomic E-state index is 0.344. The number of ether oxygens (including phenoxy) is 1. The molecule has 21 heavy (non-hydrogen) atoms. The molecule has 2 aromatic heterocycles. The lowest BCUT2D eigenvalue weighted by Gasteiger charge is -2.23. The van der Waals surface area contributed by atoms with Crippen LogP contribution in [0.15, 0.2) is 23.2 Å². The van der Waals surface area contributed by atoms with Gasteiger partial charge in [0.2, 0.25) is 5.95 Å². The van der Waals surface area contributed by atoms with Gasteiger partial charge in [-0.1, -0.05) is 0 Å². The van der Waals surface area contributed by atoms with Crippen molar-refractivity contribution >= 4 is 23.1 Å². The van der Waals surface area contributed by atoms with Crippen molar-refractivity contribution in [3.05, 3.63) is 28.8 Å². The van der Waals surface area contributed by atoms with Gasteiger partial charge < -0.3 is 15.4 Å². The molecule has 2 aromatic rings. The van der Waals surface area contributed by atoms with E-state index in [2.05, 4.69) is 31.0 Å². The first-order chi connectivity index (χ1) is 10.4. The van der Waals surface area contributed by atoms with E-state index in [1.165, 1.54) is 0 Å². The third-order valence-electron chi connectivity index (χ3n) is 3.32. The highest BCUT2D eigenvalue weighted by molar-refractivity contribution is 7.07. The van der Waals surface area contributed by atoms with Gasteiger partial charge in [0.05, 0.1) is 23.9 Å². The second kappa shape index (κ2) is 7.33. The third-order valence-corrected chi connectivity index (χ3v) is 3.95. The van der Waals surface area contributed by atoms with Crippen molar-refractivity contribution in [1.82, 2.24) is 15.0 Å². The molecular weight excluding hydrogens is 286 g/mol. The van der Waals surface area contributed by atoms with Crippen molar-refractivity contribution in [1.29, 1.82) is 0 Å². The van der Waals surface area contributed by atoms with Gasteiger partial charge in [-0.05, 0) is 18.9 Å². The van der Waals surface area contributed by atoms with Crippen LogP contribution in [-0.4, -0.2) is 40.8 Å². The molecule has 0 bridgehead atoms. The van der Waals surface area contributed by atoms with Crippen LogP contribution >= 0.6 is 11.3 Å². The van der Waals surface area contributed by atoms with Crippen LogP contribution in [0.4, 0.5) is 11.8 Å². The molecule has 0 spiro atoms. The van der Waals surface area contributed by atoms with Crippen LogP contribution in [0, 0.1) is 0 Å². The zero-order chi connectivity index (χ0) is 14.3. The topological polar surface area (TPSA) is 72.0 Å². The Morgan fingerprint density at radius 1 is 1.38 bits per heavy atom. The van der Waals surface area contributed by atoms with Crippen LogP contribution in [0.3, 0.4) is 0 Å². The number of aromatic nitrogens is 3. The van der Waals surface area contributed by atoms with Crippen molar-refractivity contribution in [2.75, 3.05) is 30.4 Å². The molecule has 1 aliphatic heterocycles. The number of nitrogens with zero attached hydrogens (tertiary/aromatic N) is 3. The fourth-order valence-corrected chi connectivity index (χ4v) is 2.84. The highest BCUT2D eigenvalue weighted by Crippen LogP contribution is 2.13. The van der Waals surface area contributed by atoms with Crippen LogP contribution in [0.1, 0.15) is 18.5 Å². The zero-order valence-corrected chi connectivity index (χ0v) is 12.6. The molecule has 3 rings (SSSR count). The van der Waals surface area contributed by atoms with Gasteiger partial charge in [-0.15, -0.1) is 11.3 Å². The summed E-state index contributed by atoms with van der Waals surface area (Å²) in [6.45, 7) is 2.39. The maximum Gasteiger partial charge on any atom is 0.224 e. The fourth-order valence-electron chi connectivity index (χ4n) is 2.25. The number of rotatable bonds is 6. The Morgan fingerprint density at radius 2 is 2.38 bits per heavy atom. The Morgan fingerprint density at radius 3 is 3.19 bits per heavy atom. The molecule has 0 unspecified atom stereocenters. The van der Waals surface area contributed by atoms with Gasteiger partial charge in [0, 0.05) is 31.1 Å². The van der Waals surface area contributed by atoms with Crippen LogP contribution in [0.2, 0.25) is 0 Å². The molecule has 7 heteroatoms. The van der Waals surface area contributed by atoms with Crippen LogP contribution < -0.4 is 10.6 Å². The third kappa shape index (κ3) is 4.37. The summed E-state index contributed by atoms with van der Waals surface area (Å²) in [6, 6.07) is 2.23. The smallest absolute Gasteiger partial charge is 0.224 e. The Bertz CT molecular complexity index is 542. The number of anilines is 2. The largest absolute Gasteiger partial charge is 0.379 e. The molecule has 1 atom stereocenters. The van der Waals surface area contributed by atoms with E-state index in [1.807, 2.05) is 11.6 Å². The summed E-state index contributed by atoms with van der Waals surface area (Å²) >= 11 is 1.62. The first-order valence-electron chi connectivity index (χ1n) is 7.18. The van der Waals surface area contributed by atoms with E-state index in [0.717, 1.165) is 50.5 Å². The standard InChI is InChI=1S/C14H19N5OS/c1-2-11(8-20-7-1)18-13-4-6-16-14(19-13)15-5-3-12-9-21-10-17-12/h4,6,9-11H,1-3,5,7-8H2,(H2,15,16,18,19)/t11-/m1/s1. The molecular formula is C14H19N5OS. The summed E-state index contributed by atoms with van der Waals surface area (Å²) in [5.74, 6) is 1.49. The molecule has 1 fully saturated rings. The SMILES string of the molecule is c1cc(N[C@@H]2CCCOC2)nc(NCCc2cscn2)n1. The van der Waals surface area contributed by atoms with Gasteiger partial charge in [-0.2, -0.15) is 4.98 Å². The monoisotopic (exact) mass is 305 g/mol. The number of hydrogen-bond donors (Lipinski definition) is 2. The van der Waals surface area contributed by atoms with E-state index < -0.39 is 0 Å². The van der Waals surface area contributed by atoms with E-state index in [-0.39, 0.29) is 0 Å². The predicted octanol–water partition coefficient (Wildman–Crippen LogP) is 2.18. The average Bonchev–Trinajstić information content (AvgIpc) is 3.02. The lowest BCUT2D eigenvalue weighted by atomic mass is 10.1. The van der Waals surface area contributed by atoms with Crippen molar-refractivity contribution in [3.8, 4) is 0 Å². The molecule has 6 nitrogen and oxygen atoms in total. The summed E-state index contributed by atoms with van der Waals surface area (Å²) in [5.41, 5.74) is 2.95. The fraction of sp³-hybridized carbons (Fsp3) is 0.500. The molecule has 0 radical (unpaired) electrons. The number of hydrogen-bond acceptors (Lipinski definition) is 7. The molecule has 112 valence electrons. The van der Waals surface area contributed by atoms with Crippen LogP contribution in [0.5, 0.6) is 0 Å². The van der Waals surface area contributed by atoms with E-state index in [4.69, 9.17) is 4.74 Å². The molecule has 0 amide bonds. The van der Waals surface area contributed by atoms with Crippen LogP contribution in [-0.2, 0) is 11.2 Å². The minimum Gasteiger partial charge on any atom is -0.379 e. The molecule has 2 N–H and O–H groups in total. The predicted molar refractivity (Wildman–Crippen MR) is 83.8 cm³/mol. The number of nitrogens with one attached hydrogen (secondary N) is 2. The Labute approximate surface area is 128 Å².